The molecule has 3 heterocycles. The van der Waals surface area contributed by atoms with Gasteiger partial charge in [-0.2, -0.15) is 5.26 Å². The second kappa shape index (κ2) is 7.62. The predicted molar refractivity (Wildman–Crippen MR) is 108 cm³/mol. The van der Waals surface area contributed by atoms with Crippen LogP contribution in [-0.2, 0) is 4.74 Å². The smallest absolute Gasteiger partial charge is 0.163 e. The SMILES string of the molecule is COc1cc(OC)cc(-c2nc(N3CCOCC3)c3c(C)c(C#N)sc3n2)c1. The number of rotatable bonds is 4. The fourth-order valence-electron chi connectivity index (χ4n) is 3.29. The molecule has 144 valence electrons. The molecule has 3 aromatic rings. The summed E-state index contributed by atoms with van der Waals surface area (Å²) in [6, 6.07) is 7.87. The number of aromatic nitrogens is 2. The number of hydrogen-bond acceptors (Lipinski definition) is 8. The molecule has 0 unspecified atom stereocenters. The second-order valence-corrected chi connectivity index (χ2v) is 7.42. The van der Waals surface area contributed by atoms with Gasteiger partial charge in [-0.05, 0) is 24.6 Å². The zero-order chi connectivity index (χ0) is 19.7. The Hall–Kier alpha value is -2.89. The van der Waals surface area contributed by atoms with Crippen LogP contribution in [0.4, 0.5) is 5.82 Å². The number of ether oxygens (including phenoxy) is 3. The molecule has 0 spiro atoms. The maximum atomic E-state index is 9.49. The van der Waals surface area contributed by atoms with E-state index in [4.69, 9.17) is 24.2 Å². The molecule has 0 radical (unpaired) electrons. The molecule has 0 atom stereocenters. The van der Waals surface area contributed by atoms with Gasteiger partial charge in [0, 0.05) is 24.7 Å². The van der Waals surface area contributed by atoms with Crippen LogP contribution in [0.2, 0.25) is 0 Å². The first-order chi connectivity index (χ1) is 13.6. The Morgan fingerprint density at radius 3 is 2.39 bits per heavy atom. The summed E-state index contributed by atoms with van der Waals surface area (Å²) < 4.78 is 16.3. The molecular formula is C20H20N4O3S. The van der Waals surface area contributed by atoms with Gasteiger partial charge >= 0.3 is 0 Å². The lowest BCUT2D eigenvalue weighted by Crippen LogP contribution is -2.37. The van der Waals surface area contributed by atoms with Crippen LogP contribution in [0, 0.1) is 18.3 Å². The lowest BCUT2D eigenvalue weighted by molar-refractivity contribution is 0.122. The van der Waals surface area contributed by atoms with E-state index in [2.05, 4.69) is 11.0 Å². The number of methoxy groups -OCH3 is 2. The van der Waals surface area contributed by atoms with Crippen molar-refractivity contribution in [3.8, 4) is 29.0 Å². The average Bonchev–Trinajstić information content (AvgIpc) is 3.09. The van der Waals surface area contributed by atoms with Crippen LogP contribution in [0.1, 0.15) is 10.4 Å². The first-order valence-electron chi connectivity index (χ1n) is 8.92. The number of anilines is 1. The average molecular weight is 396 g/mol. The summed E-state index contributed by atoms with van der Waals surface area (Å²) in [5, 5.41) is 10.4. The Balaban J connectivity index is 1.94. The minimum Gasteiger partial charge on any atom is -0.497 e. The highest BCUT2D eigenvalue weighted by Crippen LogP contribution is 2.38. The molecule has 1 aliphatic rings. The normalized spacial score (nSPS) is 14.1. The molecule has 1 saturated heterocycles. The minimum atomic E-state index is 0.580. The number of benzene rings is 1. The standard InChI is InChI=1S/C20H20N4O3S/c1-12-16(11-21)28-20-17(12)19(24-4-6-27-7-5-24)22-18(23-20)13-8-14(25-2)10-15(9-13)26-3/h8-10H,4-7H2,1-3H3. The number of fused-ring (bicyclic) bond motifs is 1. The number of nitrogens with zero attached hydrogens (tertiary/aromatic N) is 4. The van der Waals surface area contributed by atoms with E-state index in [1.54, 1.807) is 14.2 Å². The third-order valence-corrected chi connectivity index (χ3v) is 5.88. The molecule has 0 aliphatic carbocycles. The van der Waals surface area contributed by atoms with Crippen molar-refractivity contribution in [3.05, 3.63) is 28.6 Å². The molecule has 0 N–H and O–H groups in total. The zero-order valence-corrected chi connectivity index (χ0v) is 16.8. The van der Waals surface area contributed by atoms with Crippen LogP contribution in [0.3, 0.4) is 0 Å². The van der Waals surface area contributed by atoms with Gasteiger partial charge in [-0.3, -0.25) is 0 Å². The summed E-state index contributed by atoms with van der Waals surface area (Å²) in [6.07, 6.45) is 0. The van der Waals surface area contributed by atoms with E-state index in [-0.39, 0.29) is 0 Å². The number of thiophene rings is 1. The topological polar surface area (TPSA) is 80.5 Å². The van der Waals surface area contributed by atoms with Gasteiger partial charge in [0.25, 0.3) is 0 Å². The monoisotopic (exact) mass is 396 g/mol. The summed E-state index contributed by atoms with van der Waals surface area (Å²) >= 11 is 1.40. The predicted octanol–water partition coefficient (Wildman–Crippen LogP) is 3.39. The molecular weight excluding hydrogens is 376 g/mol. The van der Waals surface area contributed by atoms with Crippen molar-refractivity contribution in [2.24, 2.45) is 0 Å². The fourth-order valence-corrected chi connectivity index (χ4v) is 4.27. The van der Waals surface area contributed by atoms with Crippen molar-refractivity contribution in [2.45, 2.75) is 6.92 Å². The lowest BCUT2D eigenvalue weighted by Gasteiger charge is -2.28. The van der Waals surface area contributed by atoms with Crippen molar-refractivity contribution in [1.29, 1.82) is 5.26 Å². The zero-order valence-electron chi connectivity index (χ0n) is 16.0. The molecule has 1 aliphatic heterocycles. The van der Waals surface area contributed by atoms with Crippen LogP contribution in [-0.4, -0.2) is 50.5 Å². The van der Waals surface area contributed by atoms with Crippen LogP contribution in [0.25, 0.3) is 21.6 Å². The van der Waals surface area contributed by atoms with Crippen molar-refractivity contribution in [2.75, 3.05) is 45.4 Å². The van der Waals surface area contributed by atoms with Crippen LogP contribution in [0.15, 0.2) is 18.2 Å². The number of hydrogen-bond donors (Lipinski definition) is 0. The van der Waals surface area contributed by atoms with Crippen molar-refractivity contribution in [3.63, 3.8) is 0 Å². The van der Waals surface area contributed by atoms with Crippen molar-refractivity contribution in [1.82, 2.24) is 9.97 Å². The Kier molecular flexibility index (Phi) is 5.03. The van der Waals surface area contributed by atoms with Gasteiger partial charge in [-0.1, -0.05) is 0 Å². The van der Waals surface area contributed by atoms with E-state index in [9.17, 15) is 5.26 Å². The number of aryl methyl sites for hydroxylation is 1. The van der Waals surface area contributed by atoms with Gasteiger partial charge in [0.1, 0.15) is 33.1 Å². The highest BCUT2D eigenvalue weighted by atomic mass is 32.1. The van der Waals surface area contributed by atoms with Gasteiger partial charge in [0.05, 0.1) is 32.8 Å². The van der Waals surface area contributed by atoms with Gasteiger partial charge in [-0.15, -0.1) is 11.3 Å². The quantitative estimate of drug-likeness (QED) is 0.669. The van der Waals surface area contributed by atoms with E-state index < -0.39 is 0 Å². The Morgan fingerprint density at radius 2 is 1.79 bits per heavy atom. The number of nitriles is 1. The largest absolute Gasteiger partial charge is 0.497 e. The molecule has 0 amide bonds. The van der Waals surface area contributed by atoms with E-state index >= 15 is 0 Å². The van der Waals surface area contributed by atoms with Gasteiger partial charge in [0.2, 0.25) is 0 Å². The molecule has 2 aromatic heterocycles. The third-order valence-electron chi connectivity index (χ3n) is 4.79. The summed E-state index contributed by atoms with van der Waals surface area (Å²) in [5.41, 5.74) is 1.73. The van der Waals surface area contributed by atoms with Crippen LogP contribution in [0.5, 0.6) is 11.5 Å². The van der Waals surface area contributed by atoms with E-state index in [1.807, 2.05) is 25.1 Å². The summed E-state index contributed by atoms with van der Waals surface area (Å²) in [7, 11) is 3.23. The van der Waals surface area contributed by atoms with E-state index in [1.165, 1.54) is 11.3 Å². The molecule has 0 saturated carbocycles. The highest BCUT2D eigenvalue weighted by Gasteiger charge is 2.22. The van der Waals surface area contributed by atoms with Gasteiger partial charge in [0.15, 0.2) is 5.82 Å². The molecule has 1 fully saturated rings. The number of morpholine rings is 1. The molecule has 4 rings (SSSR count). The first-order valence-corrected chi connectivity index (χ1v) is 9.73. The Labute approximate surface area is 167 Å². The van der Waals surface area contributed by atoms with Crippen molar-refractivity contribution >= 4 is 27.4 Å². The van der Waals surface area contributed by atoms with Gasteiger partial charge < -0.3 is 19.1 Å². The van der Waals surface area contributed by atoms with Crippen LogP contribution < -0.4 is 14.4 Å². The molecule has 8 heteroatoms. The van der Waals surface area contributed by atoms with Crippen LogP contribution >= 0.6 is 11.3 Å². The maximum Gasteiger partial charge on any atom is 0.163 e. The summed E-state index contributed by atoms with van der Waals surface area (Å²) in [6.45, 7) is 4.78. The Morgan fingerprint density at radius 1 is 1.11 bits per heavy atom. The Bertz CT molecular complexity index is 1050. The first kappa shape index (κ1) is 18.5. The van der Waals surface area contributed by atoms with E-state index in [0.717, 1.165) is 40.3 Å². The highest BCUT2D eigenvalue weighted by molar-refractivity contribution is 7.19. The fraction of sp³-hybridized carbons (Fsp3) is 0.350. The van der Waals surface area contributed by atoms with Crippen molar-refractivity contribution < 1.29 is 14.2 Å². The van der Waals surface area contributed by atoms with Gasteiger partial charge in [-0.25, -0.2) is 9.97 Å². The van der Waals surface area contributed by atoms with E-state index in [0.29, 0.717) is 35.4 Å². The third kappa shape index (κ3) is 3.23. The molecule has 28 heavy (non-hydrogen) atoms. The lowest BCUT2D eigenvalue weighted by atomic mass is 10.1. The molecule has 7 nitrogen and oxygen atoms in total. The second-order valence-electron chi connectivity index (χ2n) is 6.42. The summed E-state index contributed by atoms with van der Waals surface area (Å²) in [4.78, 5) is 13.3. The maximum absolute atomic E-state index is 9.49. The minimum absolute atomic E-state index is 0.580. The molecule has 1 aromatic carbocycles. The molecule has 0 bridgehead atoms. The summed E-state index contributed by atoms with van der Waals surface area (Å²) in [5.74, 6) is 2.77.